The van der Waals surface area contributed by atoms with Gasteiger partial charge in [0.05, 0.1) is 0 Å². The molecule has 0 spiro atoms. The van der Waals surface area contributed by atoms with Crippen molar-refractivity contribution in [2.45, 2.75) is 57.9 Å². The molecule has 3 heteroatoms. The number of nitrogens with two attached hydrogens (primary N) is 1. The maximum absolute atomic E-state index is 12.5. The molecule has 0 radical (unpaired) electrons. The van der Waals surface area contributed by atoms with Crippen LogP contribution < -0.4 is 5.73 Å². The van der Waals surface area contributed by atoms with Crippen molar-refractivity contribution in [3.8, 4) is 0 Å². The van der Waals surface area contributed by atoms with Crippen LogP contribution >= 0.6 is 0 Å². The summed E-state index contributed by atoms with van der Waals surface area (Å²) in [6.07, 6.45) is 5.37. The summed E-state index contributed by atoms with van der Waals surface area (Å²) in [5, 5.41) is 0. The zero-order valence-electron chi connectivity index (χ0n) is 13.5. The Morgan fingerprint density at radius 1 is 1.24 bits per heavy atom. The number of anilines is 1. The Hall–Kier alpha value is -1.51. The number of carbonyl (C=O) groups excluding carboxylic acids is 1. The summed E-state index contributed by atoms with van der Waals surface area (Å²) < 4.78 is 0. The van der Waals surface area contributed by atoms with Crippen molar-refractivity contribution in [1.82, 2.24) is 4.90 Å². The van der Waals surface area contributed by atoms with Gasteiger partial charge in [-0.25, -0.2) is 0 Å². The van der Waals surface area contributed by atoms with Crippen LogP contribution in [0.4, 0.5) is 5.69 Å². The number of carbonyl (C=O) groups is 1. The molecule has 3 nitrogen and oxygen atoms in total. The topological polar surface area (TPSA) is 46.3 Å². The second-order valence-electron chi connectivity index (χ2n) is 6.69. The van der Waals surface area contributed by atoms with E-state index in [1.54, 1.807) is 0 Å². The number of rotatable bonds is 4. The fourth-order valence-electron chi connectivity index (χ4n) is 3.18. The molecule has 0 aromatic heterocycles. The predicted molar refractivity (Wildman–Crippen MR) is 88.1 cm³/mol. The van der Waals surface area contributed by atoms with Gasteiger partial charge in [-0.05, 0) is 55.2 Å². The van der Waals surface area contributed by atoms with Crippen molar-refractivity contribution < 1.29 is 4.79 Å². The van der Waals surface area contributed by atoms with Crippen LogP contribution in [-0.2, 0) is 4.79 Å². The third kappa shape index (κ3) is 4.23. The standard InChI is InChI=1S/C18H28N2O/c1-13-4-10-17(11-5-13)20(3)18(21)12-14(2)15-6-8-16(19)9-7-15/h6-9,13-14,17H,4-5,10-12,19H2,1-3H3. The van der Waals surface area contributed by atoms with E-state index in [0.717, 1.165) is 24.4 Å². The number of amides is 1. The van der Waals surface area contributed by atoms with Crippen LogP contribution in [0.15, 0.2) is 24.3 Å². The first kappa shape index (κ1) is 15.9. The zero-order valence-corrected chi connectivity index (χ0v) is 13.5. The summed E-state index contributed by atoms with van der Waals surface area (Å²) in [4.78, 5) is 14.5. The van der Waals surface area contributed by atoms with Crippen LogP contribution in [-0.4, -0.2) is 23.9 Å². The minimum atomic E-state index is 0.239. The Morgan fingerprint density at radius 3 is 2.38 bits per heavy atom. The average Bonchev–Trinajstić information content (AvgIpc) is 2.47. The molecule has 1 saturated carbocycles. The van der Waals surface area contributed by atoms with E-state index in [2.05, 4.69) is 13.8 Å². The fraction of sp³-hybridized carbons (Fsp3) is 0.611. The van der Waals surface area contributed by atoms with Crippen molar-refractivity contribution in [2.75, 3.05) is 12.8 Å². The zero-order chi connectivity index (χ0) is 15.4. The van der Waals surface area contributed by atoms with Gasteiger partial charge >= 0.3 is 0 Å². The highest BCUT2D eigenvalue weighted by Crippen LogP contribution is 2.28. The molecule has 0 saturated heterocycles. The van der Waals surface area contributed by atoms with Crippen molar-refractivity contribution >= 4 is 11.6 Å². The summed E-state index contributed by atoms with van der Waals surface area (Å²) >= 11 is 0. The SMILES string of the molecule is CC1CCC(N(C)C(=O)CC(C)c2ccc(N)cc2)CC1. The van der Waals surface area contributed by atoms with Crippen LogP contribution in [0, 0.1) is 5.92 Å². The lowest BCUT2D eigenvalue weighted by molar-refractivity contribution is -0.133. The molecule has 2 rings (SSSR count). The Labute approximate surface area is 128 Å². The first-order valence-corrected chi connectivity index (χ1v) is 8.08. The number of nitrogens with zero attached hydrogens (tertiary/aromatic N) is 1. The summed E-state index contributed by atoms with van der Waals surface area (Å²) in [7, 11) is 1.97. The highest BCUT2D eigenvalue weighted by molar-refractivity contribution is 5.77. The minimum absolute atomic E-state index is 0.239. The normalized spacial score (nSPS) is 23.6. The predicted octanol–water partition coefficient (Wildman–Crippen LogP) is 3.80. The maximum atomic E-state index is 12.5. The molecule has 1 aliphatic rings. The van der Waals surface area contributed by atoms with Crippen LogP contribution in [0.1, 0.15) is 57.4 Å². The molecular weight excluding hydrogens is 260 g/mol. The van der Waals surface area contributed by atoms with Crippen LogP contribution in [0.2, 0.25) is 0 Å². The Kier molecular flexibility index (Phi) is 5.27. The summed E-state index contributed by atoms with van der Waals surface area (Å²) in [6.45, 7) is 4.42. The lowest BCUT2D eigenvalue weighted by atomic mass is 9.86. The van der Waals surface area contributed by atoms with Gasteiger partial charge in [-0.15, -0.1) is 0 Å². The van der Waals surface area contributed by atoms with Gasteiger partial charge in [-0.1, -0.05) is 26.0 Å². The van der Waals surface area contributed by atoms with Crippen LogP contribution in [0.25, 0.3) is 0 Å². The molecule has 1 aromatic rings. The maximum Gasteiger partial charge on any atom is 0.223 e. The van der Waals surface area contributed by atoms with E-state index in [-0.39, 0.29) is 11.8 Å². The van der Waals surface area contributed by atoms with E-state index in [0.29, 0.717) is 12.5 Å². The second-order valence-corrected chi connectivity index (χ2v) is 6.69. The molecule has 1 aromatic carbocycles. The highest BCUT2D eigenvalue weighted by Gasteiger charge is 2.25. The lowest BCUT2D eigenvalue weighted by Gasteiger charge is -2.34. The number of benzene rings is 1. The van der Waals surface area contributed by atoms with Gasteiger partial charge in [0, 0.05) is 25.2 Å². The molecule has 21 heavy (non-hydrogen) atoms. The third-order valence-corrected chi connectivity index (χ3v) is 4.91. The molecule has 0 aliphatic heterocycles. The Morgan fingerprint density at radius 2 is 1.81 bits per heavy atom. The smallest absolute Gasteiger partial charge is 0.223 e. The molecule has 1 amide bonds. The summed E-state index contributed by atoms with van der Waals surface area (Å²) in [5.41, 5.74) is 7.66. The molecule has 1 aliphatic carbocycles. The molecule has 1 unspecified atom stereocenters. The number of hydrogen-bond donors (Lipinski definition) is 1. The van der Waals surface area contributed by atoms with E-state index >= 15 is 0 Å². The van der Waals surface area contributed by atoms with Crippen molar-refractivity contribution in [1.29, 1.82) is 0 Å². The summed E-state index contributed by atoms with van der Waals surface area (Å²) in [6, 6.07) is 8.29. The minimum Gasteiger partial charge on any atom is -0.399 e. The first-order chi connectivity index (χ1) is 9.97. The van der Waals surface area contributed by atoms with E-state index in [1.807, 2.05) is 36.2 Å². The van der Waals surface area contributed by atoms with Gasteiger partial charge in [-0.2, -0.15) is 0 Å². The van der Waals surface area contributed by atoms with E-state index in [1.165, 1.54) is 18.4 Å². The largest absolute Gasteiger partial charge is 0.399 e. The van der Waals surface area contributed by atoms with E-state index in [4.69, 9.17) is 5.73 Å². The lowest BCUT2D eigenvalue weighted by Crippen LogP contribution is -2.39. The van der Waals surface area contributed by atoms with Gasteiger partial charge < -0.3 is 10.6 Å². The van der Waals surface area contributed by atoms with Crippen molar-refractivity contribution in [3.63, 3.8) is 0 Å². The monoisotopic (exact) mass is 288 g/mol. The first-order valence-electron chi connectivity index (χ1n) is 8.08. The third-order valence-electron chi connectivity index (χ3n) is 4.91. The highest BCUT2D eigenvalue weighted by atomic mass is 16.2. The van der Waals surface area contributed by atoms with Crippen LogP contribution in [0.3, 0.4) is 0 Å². The van der Waals surface area contributed by atoms with E-state index < -0.39 is 0 Å². The van der Waals surface area contributed by atoms with Gasteiger partial charge in [-0.3, -0.25) is 4.79 Å². The van der Waals surface area contributed by atoms with Crippen molar-refractivity contribution in [3.05, 3.63) is 29.8 Å². The van der Waals surface area contributed by atoms with E-state index in [9.17, 15) is 4.79 Å². The molecule has 1 fully saturated rings. The number of nitrogen functional groups attached to an aromatic ring is 1. The fourth-order valence-corrected chi connectivity index (χ4v) is 3.18. The molecule has 0 bridgehead atoms. The van der Waals surface area contributed by atoms with Crippen LogP contribution in [0.5, 0.6) is 0 Å². The quantitative estimate of drug-likeness (QED) is 0.857. The Balaban J connectivity index is 1.89. The van der Waals surface area contributed by atoms with Gasteiger partial charge in [0.25, 0.3) is 0 Å². The molecule has 1 atom stereocenters. The number of hydrogen-bond acceptors (Lipinski definition) is 2. The van der Waals surface area contributed by atoms with Gasteiger partial charge in [0.2, 0.25) is 5.91 Å². The summed E-state index contributed by atoms with van der Waals surface area (Å²) in [5.74, 6) is 1.32. The Bertz CT molecular complexity index is 461. The molecule has 116 valence electrons. The second kappa shape index (κ2) is 6.97. The molecular formula is C18H28N2O. The molecule has 0 heterocycles. The molecule has 2 N–H and O–H groups in total. The average molecular weight is 288 g/mol. The van der Waals surface area contributed by atoms with Gasteiger partial charge in [0.1, 0.15) is 0 Å². The van der Waals surface area contributed by atoms with Gasteiger partial charge in [0.15, 0.2) is 0 Å². The van der Waals surface area contributed by atoms with Crippen molar-refractivity contribution in [2.24, 2.45) is 5.92 Å².